The van der Waals surface area contributed by atoms with Gasteiger partial charge in [0.25, 0.3) is 0 Å². The van der Waals surface area contributed by atoms with Crippen LogP contribution in [0.2, 0.25) is 0 Å². The normalized spacial score (nSPS) is 17.6. The van der Waals surface area contributed by atoms with E-state index in [1.807, 2.05) is 24.4 Å². The Kier molecular flexibility index (Phi) is 3.97. The van der Waals surface area contributed by atoms with Crippen molar-refractivity contribution < 1.29 is 4.74 Å². The molecule has 2 N–H and O–H groups in total. The van der Waals surface area contributed by atoms with Gasteiger partial charge in [0.15, 0.2) is 0 Å². The van der Waals surface area contributed by atoms with Crippen LogP contribution in [0.25, 0.3) is 0 Å². The molecule has 0 radical (unpaired) electrons. The Bertz CT molecular complexity index is 568. The molecule has 0 amide bonds. The van der Waals surface area contributed by atoms with Gasteiger partial charge in [0, 0.05) is 24.4 Å². The highest BCUT2D eigenvalue weighted by molar-refractivity contribution is 5.39. The molecule has 1 aromatic carbocycles. The first-order chi connectivity index (χ1) is 9.83. The maximum absolute atomic E-state index is 6.17. The average molecular weight is 268 g/mol. The molecule has 2 aromatic rings. The number of ether oxygens (including phenoxy) is 1. The molecule has 0 saturated heterocycles. The van der Waals surface area contributed by atoms with Crippen molar-refractivity contribution in [3.05, 3.63) is 59.4 Å². The quantitative estimate of drug-likeness (QED) is 0.927. The van der Waals surface area contributed by atoms with Gasteiger partial charge in [-0.2, -0.15) is 0 Å². The van der Waals surface area contributed by atoms with Gasteiger partial charge in [-0.15, -0.1) is 0 Å². The van der Waals surface area contributed by atoms with Crippen molar-refractivity contribution >= 4 is 0 Å². The average Bonchev–Trinajstić information content (AvgIpc) is 2.49. The second-order valence-corrected chi connectivity index (χ2v) is 5.28. The van der Waals surface area contributed by atoms with Gasteiger partial charge in [-0.25, -0.2) is 0 Å². The summed E-state index contributed by atoms with van der Waals surface area (Å²) in [7, 11) is 0. The van der Waals surface area contributed by atoms with Gasteiger partial charge >= 0.3 is 0 Å². The topological polar surface area (TPSA) is 48.1 Å². The van der Waals surface area contributed by atoms with Crippen LogP contribution in [0.4, 0.5) is 0 Å². The van der Waals surface area contributed by atoms with E-state index in [4.69, 9.17) is 10.5 Å². The molecule has 1 aromatic heterocycles. The number of nitrogens with two attached hydrogens (primary N) is 1. The molecule has 0 spiro atoms. The SMILES string of the molecule is NC1CCCc2ccc(OCCc3ccccn3)cc21. The zero-order valence-corrected chi connectivity index (χ0v) is 11.6. The van der Waals surface area contributed by atoms with E-state index in [9.17, 15) is 0 Å². The summed E-state index contributed by atoms with van der Waals surface area (Å²) in [5.74, 6) is 0.914. The minimum Gasteiger partial charge on any atom is -0.493 e. The molecule has 3 nitrogen and oxygen atoms in total. The Hall–Kier alpha value is -1.87. The summed E-state index contributed by atoms with van der Waals surface area (Å²) in [4.78, 5) is 4.29. The van der Waals surface area contributed by atoms with Crippen molar-refractivity contribution in [1.29, 1.82) is 0 Å². The number of rotatable bonds is 4. The molecule has 3 heteroatoms. The lowest BCUT2D eigenvalue weighted by Gasteiger charge is -2.22. The summed E-state index contributed by atoms with van der Waals surface area (Å²) >= 11 is 0. The van der Waals surface area contributed by atoms with Gasteiger partial charge in [-0.05, 0) is 54.7 Å². The molecule has 1 atom stereocenters. The van der Waals surface area contributed by atoms with Gasteiger partial charge in [0.2, 0.25) is 0 Å². The number of aryl methyl sites for hydroxylation is 1. The summed E-state index contributed by atoms with van der Waals surface area (Å²) < 4.78 is 5.83. The van der Waals surface area contributed by atoms with Gasteiger partial charge in [-0.1, -0.05) is 12.1 Å². The fraction of sp³-hybridized carbons (Fsp3) is 0.353. The van der Waals surface area contributed by atoms with Crippen LogP contribution < -0.4 is 10.5 Å². The molecule has 1 heterocycles. The number of nitrogens with zero attached hydrogens (tertiary/aromatic N) is 1. The molecule has 20 heavy (non-hydrogen) atoms. The first-order valence-corrected chi connectivity index (χ1v) is 7.24. The van der Waals surface area contributed by atoms with Crippen molar-refractivity contribution in [2.75, 3.05) is 6.61 Å². The van der Waals surface area contributed by atoms with Crippen LogP contribution in [0.15, 0.2) is 42.6 Å². The van der Waals surface area contributed by atoms with E-state index in [-0.39, 0.29) is 6.04 Å². The highest BCUT2D eigenvalue weighted by Crippen LogP contribution is 2.30. The van der Waals surface area contributed by atoms with E-state index >= 15 is 0 Å². The number of fused-ring (bicyclic) bond motifs is 1. The Balaban J connectivity index is 1.62. The highest BCUT2D eigenvalue weighted by atomic mass is 16.5. The summed E-state index contributed by atoms with van der Waals surface area (Å²) in [6, 6.07) is 12.4. The summed E-state index contributed by atoms with van der Waals surface area (Å²) in [5.41, 5.74) is 9.86. The standard InChI is InChI=1S/C17H20N2O/c18-17-6-3-4-13-7-8-15(12-16(13)17)20-11-9-14-5-1-2-10-19-14/h1-2,5,7-8,10,12,17H,3-4,6,9,11,18H2. The maximum Gasteiger partial charge on any atom is 0.119 e. The van der Waals surface area contributed by atoms with Crippen molar-refractivity contribution in [2.45, 2.75) is 31.7 Å². The third-order valence-corrected chi connectivity index (χ3v) is 3.83. The van der Waals surface area contributed by atoms with Gasteiger partial charge in [-0.3, -0.25) is 4.98 Å². The number of hydrogen-bond donors (Lipinski definition) is 1. The fourth-order valence-corrected chi connectivity index (χ4v) is 2.72. The molecular weight excluding hydrogens is 248 g/mol. The van der Waals surface area contributed by atoms with E-state index < -0.39 is 0 Å². The first kappa shape index (κ1) is 13.1. The third kappa shape index (κ3) is 2.99. The van der Waals surface area contributed by atoms with Crippen LogP contribution in [-0.2, 0) is 12.8 Å². The van der Waals surface area contributed by atoms with Crippen molar-refractivity contribution in [1.82, 2.24) is 4.98 Å². The van der Waals surface area contributed by atoms with Gasteiger partial charge in [0.05, 0.1) is 6.61 Å². The van der Waals surface area contributed by atoms with Crippen LogP contribution in [0.3, 0.4) is 0 Å². The lowest BCUT2D eigenvalue weighted by atomic mass is 9.88. The molecule has 1 aliphatic rings. The number of hydrogen-bond acceptors (Lipinski definition) is 3. The molecule has 0 bridgehead atoms. The number of pyridine rings is 1. The molecule has 1 unspecified atom stereocenters. The zero-order valence-electron chi connectivity index (χ0n) is 11.6. The van der Waals surface area contributed by atoms with E-state index in [0.717, 1.165) is 30.7 Å². The van der Waals surface area contributed by atoms with Crippen molar-refractivity contribution in [2.24, 2.45) is 5.73 Å². The fourth-order valence-electron chi connectivity index (χ4n) is 2.72. The third-order valence-electron chi connectivity index (χ3n) is 3.83. The van der Waals surface area contributed by atoms with Crippen LogP contribution in [0, 0.1) is 0 Å². The monoisotopic (exact) mass is 268 g/mol. The zero-order chi connectivity index (χ0) is 13.8. The summed E-state index contributed by atoms with van der Waals surface area (Å²) in [5, 5.41) is 0. The van der Waals surface area contributed by atoms with E-state index in [1.54, 1.807) is 0 Å². The van der Waals surface area contributed by atoms with Crippen LogP contribution >= 0.6 is 0 Å². The Morgan fingerprint density at radius 1 is 1.25 bits per heavy atom. The lowest BCUT2D eigenvalue weighted by molar-refractivity contribution is 0.319. The minimum atomic E-state index is 0.165. The highest BCUT2D eigenvalue weighted by Gasteiger charge is 2.17. The van der Waals surface area contributed by atoms with Crippen LogP contribution in [0.5, 0.6) is 5.75 Å². The molecule has 3 rings (SSSR count). The first-order valence-electron chi connectivity index (χ1n) is 7.24. The molecule has 0 aliphatic heterocycles. The minimum absolute atomic E-state index is 0.165. The van der Waals surface area contributed by atoms with Crippen molar-refractivity contribution in [3.8, 4) is 5.75 Å². The number of aromatic nitrogens is 1. The van der Waals surface area contributed by atoms with E-state index in [1.165, 1.54) is 17.5 Å². The van der Waals surface area contributed by atoms with E-state index in [2.05, 4.69) is 23.2 Å². The van der Waals surface area contributed by atoms with Crippen molar-refractivity contribution in [3.63, 3.8) is 0 Å². The molecule has 104 valence electrons. The lowest BCUT2D eigenvalue weighted by Crippen LogP contribution is -2.17. The maximum atomic E-state index is 6.17. The predicted molar refractivity (Wildman–Crippen MR) is 79.7 cm³/mol. The molecular formula is C17H20N2O. The molecule has 0 fully saturated rings. The molecule has 0 saturated carbocycles. The number of benzene rings is 1. The van der Waals surface area contributed by atoms with Gasteiger partial charge < -0.3 is 10.5 Å². The second-order valence-electron chi connectivity index (χ2n) is 5.28. The predicted octanol–water partition coefficient (Wildman–Crippen LogP) is 3.04. The Morgan fingerprint density at radius 2 is 2.20 bits per heavy atom. The Labute approximate surface area is 119 Å². The van der Waals surface area contributed by atoms with Crippen LogP contribution in [0.1, 0.15) is 35.7 Å². The summed E-state index contributed by atoms with van der Waals surface area (Å²) in [6.45, 7) is 0.644. The van der Waals surface area contributed by atoms with Crippen LogP contribution in [-0.4, -0.2) is 11.6 Å². The molecule has 1 aliphatic carbocycles. The summed E-state index contributed by atoms with van der Waals surface area (Å²) in [6.07, 6.45) is 6.03. The Morgan fingerprint density at radius 3 is 3.05 bits per heavy atom. The van der Waals surface area contributed by atoms with E-state index in [0.29, 0.717) is 6.61 Å². The smallest absolute Gasteiger partial charge is 0.119 e. The second kappa shape index (κ2) is 6.06. The van der Waals surface area contributed by atoms with Gasteiger partial charge in [0.1, 0.15) is 5.75 Å². The largest absolute Gasteiger partial charge is 0.493 e.